The van der Waals surface area contributed by atoms with E-state index in [4.69, 9.17) is 14.6 Å². The highest BCUT2D eigenvalue weighted by Gasteiger charge is 2.30. The lowest BCUT2D eigenvalue weighted by molar-refractivity contribution is -0.138. The molecule has 5 nitrogen and oxygen atoms in total. The number of ketones is 1. The molecule has 1 N–H and O–H groups in total. The van der Waals surface area contributed by atoms with Crippen molar-refractivity contribution in [3.05, 3.63) is 89.5 Å². The second-order valence-electron chi connectivity index (χ2n) is 9.34. The summed E-state index contributed by atoms with van der Waals surface area (Å²) < 4.78 is 50.3. The van der Waals surface area contributed by atoms with Gasteiger partial charge in [0.2, 0.25) is 0 Å². The lowest BCUT2D eigenvalue weighted by atomic mass is 9.99. The summed E-state index contributed by atoms with van der Waals surface area (Å²) in [5.41, 5.74) is 0.733. The maximum atomic E-state index is 12.8. The number of aliphatic carboxylic acids is 1. The Morgan fingerprint density at radius 2 is 1.36 bits per heavy atom. The van der Waals surface area contributed by atoms with Crippen LogP contribution < -0.4 is 9.47 Å². The van der Waals surface area contributed by atoms with E-state index in [2.05, 4.69) is 6.92 Å². The van der Waals surface area contributed by atoms with Crippen LogP contribution in [0.3, 0.4) is 0 Å². The normalized spacial score (nSPS) is 12.1. The summed E-state index contributed by atoms with van der Waals surface area (Å²) in [6.07, 6.45) is 0.904. The van der Waals surface area contributed by atoms with E-state index in [1.807, 2.05) is 12.1 Å². The summed E-state index contributed by atoms with van der Waals surface area (Å²) in [7, 11) is 0. The molecule has 1 atom stereocenters. The van der Waals surface area contributed by atoms with Crippen LogP contribution in [0.5, 0.6) is 17.2 Å². The summed E-state index contributed by atoms with van der Waals surface area (Å²) in [6, 6.07) is 18.6. The Morgan fingerprint density at radius 3 is 1.92 bits per heavy atom. The molecule has 0 fully saturated rings. The quantitative estimate of drug-likeness (QED) is 0.153. The van der Waals surface area contributed by atoms with Crippen LogP contribution in [-0.4, -0.2) is 16.9 Å². The first-order valence-electron chi connectivity index (χ1n) is 13.1. The number of carbonyl (C=O) groups excluding carboxylic acids is 1. The molecule has 8 heteroatoms. The maximum absolute atomic E-state index is 12.8. The predicted molar refractivity (Wildman–Crippen MR) is 142 cm³/mol. The number of Topliss-reactive ketones (excluding diaryl/α,β-unsaturated/α-hetero) is 1. The van der Waals surface area contributed by atoms with Gasteiger partial charge in [-0.05, 0) is 73.4 Å². The number of halogens is 3. The number of carboxylic acid groups (broad SMARTS) is 1. The molecular weight excluding hydrogens is 509 g/mol. The van der Waals surface area contributed by atoms with Gasteiger partial charge >= 0.3 is 12.1 Å². The van der Waals surface area contributed by atoms with Gasteiger partial charge in [0.25, 0.3) is 0 Å². The first-order valence-corrected chi connectivity index (χ1v) is 13.1. The van der Waals surface area contributed by atoms with E-state index in [9.17, 15) is 22.8 Å². The monoisotopic (exact) mass is 542 g/mol. The number of carboxylic acids is 1. The number of rotatable bonds is 15. The van der Waals surface area contributed by atoms with Crippen molar-refractivity contribution >= 4 is 11.8 Å². The third-order valence-corrected chi connectivity index (χ3v) is 6.24. The fraction of sp³-hybridized carbons (Fsp3) is 0.355. The number of unbranched alkanes of at least 4 members (excludes halogenated alkanes) is 3. The topological polar surface area (TPSA) is 72.8 Å². The van der Waals surface area contributed by atoms with Crippen molar-refractivity contribution in [2.45, 2.75) is 70.6 Å². The van der Waals surface area contributed by atoms with Crippen LogP contribution in [0.4, 0.5) is 13.2 Å². The van der Waals surface area contributed by atoms with Gasteiger partial charge < -0.3 is 14.6 Å². The SMILES string of the molecule is CCCCCCC(Oc1ccc(Oc2ccc(C(F)(F)F)cc2)cc1)c1ccc(C(=O)CCCC(=O)O)cc1. The minimum Gasteiger partial charge on any atom is -0.486 e. The van der Waals surface area contributed by atoms with E-state index < -0.39 is 17.7 Å². The van der Waals surface area contributed by atoms with Gasteiger partial charge in [0, 0.05) is 18.4 Å². The molecule has 3 aromatic rings. The van der Waals surface area contributed by atoms with Crippen LogP contribution >= 0.6 is 0 Å². The van der Waals surface area contributed by atoms with Gasteiger partial charge in [-0.3, -0.25) is 9.59 Å². The summed E-state index contributed by atoms with van der Waals surface area (Å²) in [5.74, 6) is 0.367. The number of hydrogen-bond acceptors (Lipinski definition) is 4. The third kappa shape index (κ3) is 9.78. The van der Waals surface area contributed by atoms with Crippen molar-refractivity contribution in [3.63, 3.8) is 0 Å². The summed E-state index contributed by atoms with van der Waals surface area (Å²) in [5, 5.41) is 8.77. The van der Waals surface area contributed by atoms with Gasteiger partial charge in [-0.1, -0.05) is 50.5 Å². The van der Waals surface area contributed by atoms with Gasteiger partial charge in [-0.2, -0.15) is 13.2 Å². The van der Waals surface area contributed by atoms with Crippen LogP contribution in [0.15, 0.2) is 72.8 Å². The molecule has 0 amide bonds. The first kappa shape index (κ1) is 29.7. The number of ether oxygens (including phenoxy) is 2. The van der Waals surface area contributed by atoms with Crippen molar-refractivity contribution in [1.29, 1.82) is 0 Å². The molecule has 208 valence electrons. The highest BCUT2D eigenvalue weighted by atomic mass is 19.4. The zero-order chi connectivity index (χ0) is 28.3. The predicted octanol–water partition coefficient (Wildman–Crippen LogP) is 9.03. The van der Waals surface area contributed by atoms with Crippen molar-refractivity contribution in [3.8, 4) is 17.2 Å². The number of alkyl halides is 3. The Morgan fingerprint density at radius 1 is 0.769 bits per heavy atom. The average molecular weight is 543 g/mol. The smallest absolute Gasteiger partial charge is 0.416 e. The second-order valence-corrected chi connectivity index (χ2v) is 9.34. The van der Waals surface area contributed by atoms with Gasteiger partial charge in [-0.25, -0.2) is 0 Å². The van der Waals surface area contributed by atoms with E-state index in [1.54, 1.807) is 36.4 Å². The molecule has 0 bridgehead atoms. The molecule has 0 radical (unpaired) electrons. The largest absolute Gasteiger partial charge is 0.486 e. The Bertz CT molecular complexity index is 1190. The van der Waals surface area contributed by atoms with E-state index in [1.165, 1.54) is 12.1 Å². The van der Waals surface area contributed by atoms with E-state index in [0.717, 1.165) is 49.8 Å². The highest BCUT2D eigenvalue weighted by molar-refractivity contribution is 5.96. The molecule has 0 aromatic heterocycles. The van der Waals surface area contributed by atoms with E-state index >= 15 is 0 Å². The lowest BCUT2D eigenvalue weighted by Gasteiger charge is -2.20. The third-order valence-electron chi connectivity index (χ3n) is 6.24. The average Bonchev–Trinajstić information content (AvgIpc) is 2.91. The molecule has 0 aliphatic carbocycles. The van der Waals surface area contributed by atoms with Crippen LogP contribution in [0.25, 0.3) is 0 Å². The number of benzene rings is 3. The number of hydrogen-bond donors (Lipinski definition) is 1. The van der Waals surface area contributed by atoms with Crippen molar-refractivity contribution < 1.29 is 37.3 Å². The van der Waals surface area contributed by atoms with Crippen LogP contribution in [-0.2, 0) is 11.0 Å². The van der Waals surface area contributed by atoms with Crippen LogP contribution in [0.2, 0.25) is 0 Å². The van der Waals surface area contributed by atoms with Gasteiger partial charge in [-0.15, -0.1) is 0 Å². The van der Waals surface area contributed by atoms with Gasteiger partial charge in [0.05, 0.1) is 5.56 Å². The van der Waals surface area contributed by atoms with E-state index in [0.29, 0.717) is 29.2 Å². The molecule has 39 heavy (non-hydrogen) atoms. The lowest BCUT2D eigenvalue weighted by Crippen LogP contribution is -2.09. The molecule has 1 unspecified atom stereocenters. The van der Waals surface area contributed by atoms with Gasteiger partial charge in [0.15, 0.2) is 5.78 Å². The molecule has 0 spiro atoms. The minimum atomic E-state index is -4.40. The molecule has 3 rings (SSSR count). The van der Waals surface area contributed by atoms with Crippen molar-refractivity contribution in [2.75, 3.05) is 0 Å². The zero-order valence-electron chi connectivity index (χ0n) is 21.9. The number of carbonyl (C=O) groups is 2. The Kier molecular flexibility index (Phi) is 11.0. The summed E-state index contributed by atoms with van der Waals surface area (Å²) in [6.45, 7) is 2.15. The molecule has 0 aliphatic rings. The molecule has 0 aliphatic heterocycles. The van der Waals surface area contributed by atoms with Crippen LogP contribution in [0, 0.1) is 0 Å². The maximum Gasteiger partial charge on any atom is 0.416 e. The van der Waals surface area contributed by atoms with Crippen molar-refractivity contribution in [1.82, 2.24) is 0 Å². The molecule has 0 saturated heterocycles. The van der Waals surface area contributed by atoms with Gasteiger partial charge in [0.1, 0.15) is 23.4 Å². The van der Waals surface area contributed by atoms with Crippen molar-refractivity contribution in [2.24, 2.45) is 0 Å². The standard InChI is InChI=1S/C31H33F3O5/c1-2-3-4-5-8-29(23-12-10-22(11-13-23)28(35)7-6-9-30(36)37)39-27-20-18-26(19-21-27)38-25-16-14-24(15-17-25)31(32,33)34/h10-21,29H,2-9H2,1H3,(H,36,37). The fourth-order valence-corrected chi connectivity index (χ4v) is 4.08. The molecule has 3 aromatic carbocycles. The highest BCUT2D eigenvalue weighted by Crippen LogP contribution is 2.33. The Hall–Kier alpha value is -3.81. The Balaban J connectivity index is 1.65. The molecule has 0 saturated carbocycles. The second kappa shape index (κ2) is 14.4. The minimum absolute atomic E-state index is 0.0360. The first-order chi connectivity index (χ1) is 18.7. The van der Waals surface area contributed by atoms with Crippen LogP contribution in [0.1, 0.15) is 85.9 Å². The molecule has 0 heterocycles. The molecular formula is C31H33F3O5. The van der Waals surface area contributed by atoms with E-state index in [-0.39, 0.29) is 24.7 Å². The zero-order valence-corrected chi connectivity index (χ0v) is 21.9. The summed E-state index contributed by atoms with van der Waals surface area (Å²) >= 11 is 0. The summed E-state index contributed by atoms with van der Waals surface area (Å²) in [4.78, 5) is 23.1. The fourth-order valence-electron chi connectivity index (χ4n) is 4.08. The Labute approximate surface area is 226 Å².